The van der Waals surface area contributed by atoms with Crippen molar-refractivity contribution >= 4 is 73.9 Å². The largest absolute Gasteiger partial charge is 0.354 e. The van der Waals surface area contributed by atoms with Crippen LogP contribution in [0.5, 0.6) is 0 Å². The Morgan fingerprint density at radius 3 is 2.07 bits per heavy atom. The molecule has 4 rings (SSSR count). The van der Waals surface area contributed by atoms with Crippen LogP contribution in [0.3, 0.4) is 0 Å². The van der Waals surface area contributed by atoms with Crippen molar-refractivity contribution in [1.29, 1.82) is 0 Å². The SMILES string of the molecule is CCCNC(=O)[C@@H](Cc1ccccc1)N(Cc1ccc(Cl)c(Cl)c1)C(=O)CN(c1cc(Cl)ccc1Cl)S(=O)(=O)c1ccccc1. The van der Waals surface area contributed by atoms with Crippen LogP contribution in [0.1, 0.15) is 24.5 Å². The van der Waals surface area contributed by atoms with Gasteiger partial charge in [-0.3, -0.25) is 13.9 Å². The molecule has 236 valence electrons. The molecule has 0 radical (unpaired) electrons. The molecule has 4 aromatic rings. The molecule has 0 spiro atoms. The van der Waals surface area contributed by atoms with E-state index in [-0.39, 0.29) is 44.5 Å². The van der Waals surface area contributed by atoms with Gasteiger partial charge in [-0.25, -0.2) is 8.42 Å². The molecule has 7 nitrogen and oxygen atoms in total. The number of rotatable bonds is 13. The van der Waals surface area contributed by atoms with Crippen molar-refractivity contribution in [3.63, 3.8) is 0 Å². The van der Waals surface area contributed by atoms with Gasteiger partial charge in [-0.2, -0.15) is 0 Å². The van der Waals surface area contributed by atoms with E-state index in [0.717, 1.165) is 9.87 Å². The molecule has 0 aliphatic carbocycles. The van der Waals surface area contributed by atoms with E-state index in [2.05, 4.69) is 5.32 Å². The number of carbonyl (C=O) groups is 2. The first-order valence-electron chi connectivity index (χ1n) is 14.1. The number of hydrogen-bond donors (Lipinski definition) is 1. The Morgan fingerprint density at radius 2 is 1.42 bits per heavy atom. The summed E-state index contributed by atoms with van der Waals surface area (Å²) in [5.74, 6) is -1.03. The van der Waals surface area contributed by atoms with Gasteiger partial charge in [0.25, 0.3) is 10.0 Å². The smallest absolute Gasteiger partial charge is 0.264 e. The highest BCUT2D eigenvalue weighted by molar-refractivity contribution is 7.92. The quantitative estimate of drug-likeness (QED) is 0.155. The number of nitrogens with zero attached hydrogens (tertiary/aromatic N) is 2. The van der Waals surface area contributed by atoms with Crippen LogP contribution in [-0.2, 0) is 32.6 Å². The first kappa shape index (κ1) is 34.6. The molecule has 2 amide bonds. The zero-order chi connectivity index (χ0) is 32.6. The zero-order valence-corrected chi connectivity index (χ0v) is 28.1. The summed E-state index contributed by atoms with van der Waals surface area (Å²) in [7, 11) is -4.32. The lowest BCUT2D eigenvalue weighted by molar-refractivity contribution is -0.140. The van der Waals surface area contributed by atoms with Crippen LogP contribution in [0, 0.1) is 0 Å². The van der Waals surface area contributed by atoms with Crippen molar-refractivity contribution in [2.45, 2.75) is 37.2 Å². The molecule has 0 heterocycles. The Labute approximate surface area is 283 Å². The maximum atomic E-state index is 14.5. The molecule has 0 bridgehead atoms. The van der Waals surface area contributed by atoms with Crippen molar-refractivity contribution in [3.8, 4) is 0 Å². The van der Waals surface area contributed by atoms with Gasteiger partial charge in [-0.15, -0.1) is 0 Å². The Morgan fingerprint density at radius 1 is 0.778 bits per heavy atom. The molecule has 45 heavy (non-hydrogen) atoms. The normalized spacial score (nSPS) is 11.9. The molecule has 0 unspecified atom stereocenters. The number of hydrogen-bond acceptors (Lipinski definition) is 4. The van der Waals surface area contributed by atoms with Crippen molar-refractivity contribution in [1.82, 2.24) is 10.2 Å². The van der Waals surface area contributed by atoms with Gasteiger partial charge < -0.3 is 10.2 Å². The van der Waals surface area contributed by atoms with Gasteiger partial charge in [-0.05, 0) is 60.0 Å². The monoisotopic (exact) mass is 705 g/mol. The maximum absolute atomic E-state index is 14.5. The van der Waals surface area contributed by atoms with E-state index in [4.69, 9.17) is 46.4 Å². The highest BCUT2D eigenvalue weighted by atomic mass is 35.5. The third kappa shape index (κ3) is 8.93. The van der Waals surface area contributed by atoms with Gasteiger partial charge in [0.15, 0.2) is 0 Å². The Hall–Kier alpha value is -3.27. The lowest BCUT2D eigenvalue weighted by Crippen LogP contribution is -2.53. The molecule has 0 saturated carbocycles. The summed E-state index contributed by atoms with van der Waals surface area (Å²) in [6.45, 7) is 1.58. The standard InChI is InChI=1S/C33H31Cl4N3O4S/c1-2-17-38-33(42)31(19-23-9-5-3-6-10-23)39(21-24-13-15-27(35)29(37)18-24)32(41)22-40(30-20-25(34)14-16-28(30)36)45(43,44)26-11-7-4-8-12-26/h3-16,18,20,31H,2,17,19,21-22H2,1H3,(H,38,42)/t31-/m1/s1. The molecule has 1 N–H and O–H groups in total. The molecule has 12 heteroatoms. The molecule has 4 aromatic carbocycles. The van der Waals surface area contributed by atoms with Crippen LogP contribution < -0.4 is 9.62 Å². The summed E-state index contributed by atoms with van der Waals surface area (Å²) >= 11 is 25.2. The minimum Gasteiger partial charge on any atom is -0.354 e. The van der Waals surface area contributed by atoms with Crippen molar-refractivity contribution in [3.05, 3.63) is 128 Å². The summed E-state index contributed by atoms with van der Waals surface area (Å²) < 4.78 is 29.1. The topological polar surface area (TPSA) is 86.8 Å². The fourth-order valence-electron chi connectivity index (χ4n) is 4.66. The summed E-state index contributed by atoms with van der Waals surface area (Å²) in [6, 6.07) is 25.2. The van der Waals surface area contributed by atoms with Gasteiger partial charge in [0, 0.05) is 24.5 Å². The summed E-state index contributed by atoms with van der Waals surface area (Å²) in [5, 5.41) is 3.80. The van der Waals surface area contributed by atoms with Crippen LogP contribution in [0.2, 0.25) is 20.1 Å². The van der Waals surface area contributed by atoms with Crippen molar-refractivity contribution in [2.24, 2.45) is 0 Å². The molecular weight excluding hydrogens is 676 g/mol. The third-order valence-corrected chi connectivity index (χ3v) is 10.0. The molecular formula is C33H31Cl4N3O4S. The second-order valence-corrected chi connectivity index (χ2v) is 13.7. The zero-order valence-electron chi connectivity index (χ0n) is 24.3. The maximum Gasteiger partial charge on any atom is 0.264 e. The molecule has 1 atom stereocenters. The fourth-order valence-corrected chi connectivity index (χ4v) is 6.87. The predicted molar refractivity (Wildman–Crippen MR) is 182 cm³/mol. The molecule has 0 aliphatic rings. The fraction of sp³-hybridized carbons (Fsp3) is 0.212. The average Bonchev–Trinajstić information content (AvgIpc) is 3.04. The molecule has 0 aromatic heterocycles. The molecule has 0 fully saturated rings. The number of halogens is 4. The second-order valence-electron chi connectivity index (χ2n) is 10.2. The first-order chi connectivity index (χ1) is 21.5. The van der Waals surface area contributed by atoms with Gasteiger partial charge in [0.2, 0.25) is 11.8 Å². The van der Waals surface area contributed by atoms with E-state index in [9.17, 15) is 18.0 Å². The average molecular weight is 708 g/mol. The number of carbonyl (C=O) groups excluding carboxylic acids is 2. The lowest BCUT2D eigenvalue weighted by Gasteiger charge is -2.34. The Bertz CT molecular complexity index is 1740. The number of anilines is 1. The predicted octanol–water partition coefficient (Wildman–Crippen LogP) is 7.66. The van der Waals surface area contributed by atoms with E-state index in [0.29, 0.717) is 23.6 Å². The van der Waals surface area contributed by atoms with Crippen LogP contribution >= 0.6 is 46.4 Å². The van der Waals surface area contributed by atoms with Gasteiger partial charge in [-0.1, -0.05) is 108 Å². The van der Waals surface area contributed by atoms with E-state index in [1.807, 2.05) is 37.3 Å². The minimum absolute atomic E-state index is 0.0194. The Balaban J connectivity index is 1.83. The Kier molecular flexibility index (Phi) is 12.2. The summed E-state index contributed by atoms with van der Waals surface area (Å²) in [5.41, 5.74) is 1.43. The van der Waals surface area contributed by atoms with E-state index >= 15 is 0 Å². The van der Waals surface area contributed by atoms with Crippen LogP contribution in [0.25, 0.3) is 0 Å². The lowest BCUT2D eigenvalue weighted by atomic mass is 10.0. The highest BCUT2D eigenvalue weighted by Crippen LogP contribution is 2.33. The number of benzene rings is 4. The first-order valence-corrected chi connectivity index (χ1v) is 17.0. The van der Waals surface area contributed by atoms with Crippen LogP contribution in [-0.4, -0.2) is 44.3 Å². The number of sulfonamides is 1. The van der Waals surface area contributed by atoms with Gasteiger partial charge >= 0.3 is 0 Å². The van der Waals surface area contributed by atoms with Gasteiger partial charge in [0.05, 0.1) is 25.7 Å². The minimum atomic E-state index is -4.32. The van der Waals surface area contributed by atoms with Gasteiger partial charge in [0.1, 0.15) is 12.6 Å². The van der Waals surface area contributed by atoms with Crippen LogP contribution in [0.15, 0.2) is 102 Å². The highest BCUT2D eigenvalue weighted by Gasteiger charge is 2.35. The van der Waals surface area contributed by atoms with E-state index in [1.54, 1.807) is 36.4 Å². The summed E-state index contributed by atoms with van der Waals surface area (Å²) in [4.78, 5) is 29.5. The van der Waals surface area contributed by atoms with Crippen LogP contribution in [0.4, 0.5) is 5.69 Å². The van der Waals surface area contributed by atoms with E-state index < -0.39 is 28.5 Å². The third-order valence-electron chi connectivity index (χ3n) is 6.94. The van der Waals surface area contributed by atoms with Crippen molar-refractivity contribution < 1.29 is 18.0 Å². The second kappa shape index (κ2) is 15.8. The van der Waals surface area contributed by atoms with E-state index in [1.165, 1.54) is 35.2 Å². The number of nitrogens with one attached hydrogen (secondary N) is 1. The number of amides is 2. The summed E-state index contributed by atoms with van der Waals surface area (Å²) in [6.07, 6.45) is 0.855. The van der Waals surface area contributed by atoms with Crippen molar-refractivity contribution in [2.75, 3.05) is 17.4 Å². The molecule has 0 saturated heterocycles. The molecule has 0 aliphatic heterocycles.